The fourth-order valence-electron chi connectivity index (χ4n) is 1.20. The van der Waals surface area contributed by atoms with E-state index < -0.39 is 12.5 Å². The highest BCUT2D eigenvalue weighted by Crippen LogP contribution is 2.17. The predicted octanol–water partition coefficient (Wildman–Crippen LogP) is 2.45. The third-order valence-corrected chi connectivity index (χ3v) is 2.03. The van der Waals surface area contributed by atoms with Gasteiger partial charge in [-0.15, -0.1) is 0 Å². The molecule has 0 aromatic heterocycles. The summed E-state index contributed by atoms with van der Waals surface area (Å²) in [4.78, 5) is 3.78. The van der Waals surface area contributed by atoms with E-state index in [4.69, 9.17) is 5.11 Å². The van der Waals surface area contributed by atoms with E-state index in [9.17, 15) is 8.78 Å². The SMILES string of the molecule is C/C(=N\C(CO)c1ccccc1)C(F)F. The van der Waals surface area contributed by atoms with Gasteiger partial charge in [0.15, 0.2) is 0 Å². The van der Waals surface area contributed by atoms with Crippen molar-refractivity contribution in [3.05, 3.63) is 35.9 Å². The summed E-state index contributed by atoms with van der Waals surface area (Å²) in [6, 6.07) is 8.30. The highest BCUT2D eigenvalue weighted by atomic mass is 19.3. The summed E-state index contributed by atoms with van der Waals surface area (Å²) >= 11 is 0. The summed E-state index contributed by atoms with van der Waals surface area (Å²) in [6.07, 6.45) is -2.57. The number of rotatable bonds is 4. The molecule has 0 heterocycles. The Labute approximate surface area is 87.3 Å². The first kappa shape index (κ1) is 11.8. The molecule has 1 atom stereocenters. The second-order valence-corrected chi connectivity index (χ2v) is 3.18. The molecule has 1 unspecified atom stereocenters. The average molecular weight is 213 g/mol. The highest BCUT2D eigenvalue weighted by molar-refractivity contribution is 5.85. The van der Waals surface area contributed by atoms with Gasteiger partial charge in [0.1, 0.15) is 0 Å². The van der Waals surface area contributed by atoms with Crippen LogP contribution in [0.15, 0.2) is 35.3 Å². The number of aliphatic imine (C=N–C) groups is 1. The van der Waals surface area contributed by atoms with Crippen molar-refractivity contribution >= 4 is 5.71 Å². The first-order valence-electron chi connectivity index (χ1n) is 4.63. The first-order chi connectivity index (χ1) is 7.15. The zero-order valence-electron chi connectivity index (χ0n) is 8.40. The van der Waals surface area contributed by atoms with Crippen LogP contribution in [0.25, 0.3) is 0 Å². The molecular formula is C11H13F2NO. The molecule has 82 valence electrons. The summed E-state index contributed by atoms with van der Waals surface area (Å²) in [5, 5.41) is 9.06. The van der Waals surface area contributed by atoms with Crippen LogP contribution in [-0.4, -0.2) is 23.9 Å². The third-order valence-electron chi connectivity index (χ3n) is 2.03. The maximum atomic E-state index is 12.2. The molecule has 0 spiro atoms. The number of hydrogen-bond acceptors (Lipinski definition) is 2. The molecule has 1 aromatic rings. The lowest BCUT2D eigenvalue weighted by atomic mass is 10.1. The van der Waals surface area contributed by atoms with Gasteiger partial charge in [0.2, 0.25) is 0 Å². The number of aliphatic hydroxyl groups is 1. The number of hydrogen-bond donors (Lipinski definition) is 1. The summed E-state index contributed by atoms with van der Waals surface area (Å²) in [5.74, 6) is 0. The number of nitrogens with zero attached hydrogens (tertiary/aromatic N) is 1. The number of benzene rings is 1. The lowest BCUT2D eigenvalue weighted by Crippen LogP contribution is -2.10. The van der Waals surface area contributed by atoms with Gasteiger partial charge >= 0.3 is 0 Å². The number of halogens is 2. The molecule has 4 heteroatoms. The van der Waals surface area contributed by atoms with Crippen LogP contribution in [0.2, 0.25) is 0 Å². The van der Waals surface area contributed by atoms with Crippen molar-refractivity contribution in [2.24, 2.45) is 4.99 Å². The van der Waals surface area contributed by atoms with Crippen LogP contribution >= 0.6 is 0 Å². The molecule has 0 fully saturated rings. The van der Waals surface area contributed by atoms with Crippen molar-refractivity contribution < 1.29 is 13.9 Å². The fraction of sp³-hybridized carbons (Fsp3) is 0.364. The van der Waals surface area contributed by atoms with Crippen molar-refractivity contribution in [2.75, 3.05) is 6.61 Å². The summed E-state index contributed by atoms with van der Waals surface area (Å²) in [5.41, 5.74) is 0.484. The Kier molecular flexibility index (Phi) is 4.37. The normalized spacial score (nSPS) is 14.3. The fourth-order valence-corrected chi connectivity index (χ4v) is 1.20. The Balaban J connectivity index is 2.86. The number of alkyl halides is 2. The highest BCUT2D eigenvalue weighted by Gasteiger charge is 2.12. The zero-order chi connectivity index (χ0) is 11.3. The molecule has 1 N–H and O–H groups in total. The molecule has 0 saturated heterocycles. The Morgan fingerprint density at radius 1 is 1.33 bits per heavy atom. The molecule has 1 rings (SSSR count). The van der Waals surface area contributed by atoms with E-state index in [1.807, 2.05) is 6.07 Å². The minimum atomic E-state index is -2.57. The standard InChI is InChI=1S/C11H13F2NO/c1-8(11(12)13)14-10(7-15)9-5-3-2-4-6-9/h2-6,10-11,15H,7H2,1H3/b14-8+. The molecule has 0 saturated carbocycles. The van der Waals surface area contributed by atoms with E-state index in [1.54, 1.807) is 24.3 Å². The number of aliphatic hydroxyl groups excluding tert-OH is 1. The van der Waals surface area contributed by atoms with Crippen LogP contribution in [0.3, 0.4) is 0 Å². The molecule has 0 amide bonds. The average Bonchev–Trinajstić information content (AvgIpc) is 2.26. The minimum absolute atomic E-state index is 0.252. The smallest absolute Gasteiger partial charge is 0.275 e. The zero-order valence-corrected chi connectivity index (χ0v) is 8.40. The van der Waals surface area contributed by atoms with Gasteiger partial charge < -0.3 is 5.11 Å². The van der Waals surface area contributed by atoms with Gasteiger partial charge in [-0.2, -0.15) is 0 Å². The molecule has 2 nitrogen and oxygen atoms in total. The van der Waals surface area contributed by atoms with E-state index in [0.29, 0.717) is 0 Å². The lowest BCUT2D eigenvalue weighted by molar-refractivity contribution is 0.221. The molecule has 0 radical (unpaired) electrons. The largest absolute Gasteiger partial charge is 0.394 e. The van der Waals surface area contributed by atoms with Crippen LogP contribution in [0.1, 0.15) is 18.5 Å². The second kappa shape index (κ2) is 5.56. The van der Waals surface area contributed by atoms with Crippen LogP contribution in [0.4, 0.5) is 8.78 Å². The van der Waals surface area contributed by atoms with Crippen LogP contribution < -0.4 is 0 Å². The van der Waals surface area contributed by atoms with E-state index in [2.05, 4.69) is 4.99 Å². The first-order valence-corrected chi connectivity index (χ1v) is 4.63. The second-order valence-electron chi connectivity index (χ2n) is 3.18. The van der Waals surface area contributed by atoms with Gasteiger partial charge in [-0.3, -0.25) is 4.99 Å². The maximum absolute atomic E-state index is 12.2. The summed E-state index contributed by atoms with van der Waals surface area (Å²) in [6.45, 7) is 0.990. The van der Waals surface area contributed by atoms with Gasteiger partial charge in [0, 0.05) is 0 Å². The van der Waals surface area contributed by atoms with Gasteiger partial charge in [0.25, 0.3) is 6.43 Å². The molecular weight excluding hydrogens is 200 g/mol. The molecule has 1 aromatic carbocycles. The van der Waals surface area contributed by atoms with Gasteiger partial charge in [-0.1, -0.05) is 30.3 Å². The minimum Gasteiger partial charge on any atom is -0.394 e. The molecule has 0 aliphatic heterocycles. The van der Waals surface area contributed by atoms with Crippen molar-refractivity contribution in [1.82, 2.24) is 0 Å². The van der Waals surface area contributed by atoms with Crippen molar-refractivity contribution in [2.45, 2.75) is 19.4 Å². The van der Waals surface area contributed by atoms with Crippen molar-refractivity contribution in [3.8, 4) is 0 Å². The predicted molar refractivity (Wildman–Crippen MR) is 55.4 cm³/mol. The van der Waals surface area contributed by atoms with Gasteiger partial charge in [-0.25, -0.2) is 8.78 Å². The van der Waals surface area contributed by atoms with E-state index in [-0.39, 0.29) is 12.3 Å². The van der Waals surface area contributed by atoms with Gasteiger partial charge in [-0.05, 0) is 12.5 Å². The molecule has 0 aliphatic carbocycles. The van der Waals surface area contributed by atoms with Crippen LogP contribution in [0, 0.1) is 0 Å². The quantitative estimate of drug-likeness (QED) is 0.765. The van der Waals surface area contributed by atoms with Crippen molar-refractivity contribution in [3.63, 3.8) is 0 Å². The van der Waals surface area contributed by atoms with Crippen molar-refractivity contribution in [1.29, 1.82) is 0 Å². The monoisotopic (exact) mass is 213 g/mol. The van der Waals surface area contributed by atoms with Crippen LogP contribution in [-0.2, 0) is 0 Å². The lowest BCUT2D eigenvalue weighted by Gasteiger charge is -2.11. The Morgan fingerprint density at radius 3 is 2.40 bits per heavy atom. The summed E-state index contributed by atoms with van der Waals surface area (Å²) < 4.78 is 24.5. The van der Waals surface area contributed by atoms with Crippen LogP contribution in [0.5, 0.6) is 0 Å². The third kappa shape index (κ3) is 3.40. The van der Waals surface area contributed by atoms with E-state index in [0.717, 1.165) is 5.56 Å². The topological polar surface area (TPSA) is 32.6 Å². The Morgan fingerprint density at radius 2 is 1.93 bits per heavy atom. The Hall–Kier alpha value is -1.29. The van der Waals surface area contributed by atoms with E-state index >= 15 is 0 Å². The molecule has 0 bridgehead atoms. The van der Waals surface area contributed by atoms with Gasteiger partial charge in [0.05, 0.1) is 18.4 Å². The molecule has 15 heavy (non-hydrogen) atoms. The molecule has 0 aliphatic rings. The Bertz CT molecular complexity index is 325. The summed E-state index contributed by atoms with van der Waals surface area (Å²) in [7, 11) is 0. The van der Waals surface area contributed by atoms with E-state index in [1.165, 1.54) is 6.92 Å². The maximum Gasteiger partial charge on any atom is 0.275 e.